The van der Waals surface area contributed by atoms with Crippen molar-refractivity contribution in [3.8, 4) is 0 Å². The van der Waals surface area contributed by atoms with Crippen LogP contribution in [-0.4, -0.2) is 24.5 Å². The van der Waals surface area contributed by atoms with Crippen molar-refractivity contribution in [1.29, 1.82) is 0 Å². The SMILES string of the molecule is CCn1cc(C(O)c2cnsc2Br)nn1. The van der Waals surface area contributed by atoms with E-state index in [0.29, 0.717) is 5.69 Å². The van der Waals surface area contributed by atoms with E-state index in [1.807, 2.05) is 6.92 Å². The van der Waals surface area contributed by atoms with Crippen molar-refractivity contribution in [2.75, 3.05) is 0 Å². The van der Waals surface area contributed by atoms with Gasteiger partial charge < -0.3 is 5.11 Å². The molecule has 0 saturated heterocycles. The van der Waals surface area contributed by atoms with Gasteiger partial charge in [-0.2, -0.15) is 4.37 Å². The Morgan fingerprint density at radius 3 is 3.00 bits per heavy atom. The number of halogens is 1. The van der Waals surface area contributed by atoms with Gasteiger partial charge in [0.25, 0.3) is 0 Å². The average Bonchev–Trinajstić information content (AvgIpc) is 2.84. The highest BCUT2D eigenvalue weighted by Crippen LogP contribution is 2.29. The van der Waals surface area contributed by atoms with Crippen LogP contribution in [0.5, 0.6) is 0 Å². The summed E-state index contributed by atoms with van der Waals surface area (Å²) >= 11 is 4.62. The summed E-state index contributed by atoms with van der Waals surface area (Å²) < 4.78 is 6.47. The number of aromatic nitrogens is 4. The zero-order valence-corrected chi connectivity index (χ0v) is 10.4. The van der Waals surface area contributed by atoms with Crippen LogP contribution in [0.25, 0.3) is 0 Å². The van der Waals surface area contributed by atoms with E-state index in [0.717, 1.165) is 15.9 Å². The van der Waals surface area contributed by atoms with Crippen molar-refractivity contribution in [2.24, 2.45) is 0 Å². The molecule has 80 valence electrons. The second-order valence-corrected chi connectivity index (χ2v) is 5.08. The topological polar surface area (TPSA) is 63.8 Å². The van der Waals surface area contributed by atoms with Crippen LogP contribution in [0.4, 0.5) is 0 Å². The molecule has 15 heavy (non-hydrogen) atoms. The molecular formula is C8H9BrN4OS. The molecule has 1 atom stereocenters. The molecule has 0 fully saturated rings. The number of aryl methyl sites for hydroxylation is 1. The maximum absolute atomic E-state index is 9.99. The number of aliphatic hydroxyl groups excluding tert-OH is 1. The minimum Gasteiger partial charge on any atom is -0.382 e. The molecule has 0 aromatic carbocycles. The normalized spacial score (nSPS) is 13.0. The van der Waals surface area contributed by atoms with Crippen molar-refractivity contribution >= 4 is 27.5 Å². The Morgan fingerprint density at radius 1 is 1.67 bits per heavy atom. The van der Waals surface area contributed by atoms with Crippen LogP contribution < -0.4 is 0 Å². The van der Waals surface area contributed by atoms with E-state index in [1.54, 1.807) is 17.1 Å². The number of hydrogen-bond acceptors (Lipinski definition) is 5. The molecule has 2 aromatic rings. The highest BCUT2D eigenvalue weighted by Gasteiger charge is 2.18. The van der Waals surface area contributed by atoms with Gasteiger partial charge in [0.15, 0.2) is 0 Å². The Labute approximate surface area is 99.0 Å². The molecule has 2 heterocycles. The molecule has 7 heteroatoms. The predicted molar refractivity (Wildman–Crippen MR) is 59.6 cm³/mol. The van der Waals surface area contributed by atoms with E-state index in [1.165, 1.54) is 11.5 Å². The number of rotatable bonds is 3. The lowest BCUT2D eigenvalue weighted by Crippen LogP contribution is -1.99. The second-order valence-electron chi connectivity index (χ2n) is 2.96. The molecule has 2 aromatic heterocycles. The van der Waals surface area contributed by atoms with Crippen LogP contribution in [0.15, 0.2) is 16.2 Å². The zero-order chi connectivity index (χ0) is 10.8. The third-order valence-corrected chi connectivity index (χ3v) is 3.51. The van der Waals surface area contributed by atoms with Gasteiger partial charge in [-0.05, 0) is 34.4 Å². The van der Waals surface area contributed by atoms with Crippen LogP contribution in [0, 0.1) is 0 Å². The minimum atomic E-state index is -0.765. The van der Waals surface area contributed by atoms with Crippen LogP contribution in [0.3, 0.4) is 0 Å². The van der Waals surface area contributed by atoms with Gasteiger partial charge in [-0.3, -0.25) is 4.68 Å². The number of hydrogen-bond donors (Lipinski definition) is 1. The summed E-state index contributed by atoms with van der Waals surface area (Å²) in [5.74, 6) is 0. The first-order valence-corrected chi connectivity index (χ1v) is 5.97. The largest absolute Gasteiger partial charge is 0.382 e. The molecule has 5 nitrogen and oxygen atoms in total. The zero-order valence-electron chi connectivity index (χ0n) is 7.96. The first-order chi connectivity index (χ1) is 7.22. The summed E-state index contributed by atoms with van der Waals surface area (Å²) in [7, 11) is 0. The molecule has 0 aliphatic carbocycles. The molecule has 0 aliphatic heterocycles. The van der Waals surface area contributed by atoms with E-state index in [-0.39, 0.29) is 0 Å². The van der Waals surface area contributed by atoms with Gasteiger partial charge in [-0.1, -0.05) is 5.21 Å². The van der Waals surface area contributed by atoms with Gasteiger partial charge in [0.1, 0.15) is 11.8 Å². The van der Waals surface area contributed by atoms with Crippen LogP contribution in [0.2, 0.25) is 0 Å². The van der Waals surface area contributed by atoms with Gasteiger partial charge in [0.2, 0.25) is 0 Å². The molecule has 0 bridgehead atoms. The summed E-state index contributed by atoms with van der Waals surface area (Å²) in [6.07, 6.45) is 2.59. The highest BCUT2D eigenvalue weighted by atomic mass is 79.9. The molecular weight excluding hydrogens is 280 g/mol. The first-order valence-electron chi connectivity index (χ1n) is 4.40. The fraction of sp³-hybridized carbons (Fsp3) is 0.375. The molecule has 1 N–H and O–H groups in total. The average molecular weight is 289 g/mol. The van der Waals surface area contributed by atoms with Crippen molar-refractivity contribution in [3.63, 3.8) is 0 Å². The summed E-state index contributed by atoms with van der Waals surface area (Å²) in [6, 6.07) is 0. The van der Waals surface area contributed by atoms with Gasteiger partial charge in [-0.15, -0.1) is 5.10 Å². The lowest BCUT2D eigenvalue weighted by atomic mass is 10.2. The van der Waals surface area contributed by atoms with Crippen molar-refractivity contribution in [2.45, 2.75) is 19.6 Å². The third kappa shape index (κ3) is 2.09. The maximum Gasteiger partial charge on any atom is 0.128 e. The highest BCUT2D eigenvalue weighted by molar-refractivity contribution is 9.11. The molecule has 0 radical (unpaired) electrons. The molecule has 0 saturated carbocycles. The number of nitrogens with zero attached hydrogens (tertiary/aromatic N) is 4. The quantitative estimate of drug-likeness (QED) is 0.932. The fourth-order valence-corrected chi connectivity index (χ4v) is 2.26. The Morgan fingerprint density at radius 2 is 2.47 bits per heavy atom. The van der Waals surface area contributed by atoms with E-state index < -0.39 is 6.10 Å². The smallest absolute Gasteiger partial charge is 0.128 e. The summed E-state index contributed by atoms with van der Waals surface area (Å²) in [5.41, 5.74) is 1.26. The molecule has 0 aliphatic rings. The molecule has 2 rings (SSSR count). The monoisotopic (exact) mass is 288 g/mol. The van der Waals surface area contributed by atoms with Gasteiger partial charge >= 0.3 is 0 Å². The molecule has 0 amide bonds. The first kappa shape index (κ1) is 10.7. The Hall–Kier alpha value is -0.790. The Bertz CT molecular complexity index is 455. The number of aliphatic hydroxyl groups is 1. The van der Waals surface area contributed by atoms with E-state index in [4.69, 9.17) is 0 Å². The van der Waals surface area contributed by atoms with Crippen LogP contribution >= 0.6 is 27.5 Å². The standard InChI is InChI=1S/C8H9BrN4OS/c1-2-13-4-6(11-12-13)7(14)5-3-10-15-8(5)9/h3-4,7,14H,2H2,1H3. The Balaban J connectivity index is 2.28. The summed E-state index contributed by atoms with van der Waals surface area (Å²) in [4.78, 5) is 0. The van der Waals surface area contributed by atoms with Gasteiger partial charge in [0.05, 0.1) is 9.98 Å². The lowest BCUT2D eigenvalue weighted by Gasteiger charge is -2.03. The van der Waals surface area contributed by atoms with Crippen molar-refractivity contribution in [1.82, 2.24) is 19.4 Å². The van der Waals surface area contributed by atoms with E-state index in [9.17, 15) is 5.11 Å². The fourth-order valence-electron chi connectivity index (χ4n) is 1.16. The summed E-state index contributed by atoms with van der Waals surface area (Å²) in [6.45, 7) is 2.70. The summed E-state index contributed by atoms with van der Waals surface area (Å²) in [5, 5.41) is 17.8. The maximum atomic E-state index is 9.99. The van der Waals surface area contributed by atoms with Crippen molar-refractivity contribution < 1.29 is 5.11 Å². The van der Waals surface area contributed by atoms with Crippen molar-refractivity contribution in [3.05, 3.63) is 27.4 Å². The van der Waals surface area contributed by atoms with Crippen LogP contribution in [-0.2, 0) is 6.54 Å². The Kier molecular flexibility index (Phi) is 3.13. The minimum absolute atomic E-state index is 0.540. The van der Waals surface area contributed by atoms with Gasteiger partial charge in [0, 0.05) is 18.3 Å². The van der Waals surface area contributed by atoms with Gasteiger partial charge in [-0.25, -0.2) is 0 Å². The molecule has 1 unspecified atom stereocenters. The van der Waals surface area contributed by atoms with E-state index >= 15 is 0 Å². The third-order valence-electron chi connectivity index (χ3n) is 2.01. The molecule has 0 spiro atoms. The second kappa shape index (κ2) is 4.38. The van der Waals surface area contributed by atoms with Crippen LogP contribution in [0.1, 0.15) is 24.3 Å². The van der Waals surface area contributed by atoms with E-state index in [2.05, 4.69) is 30.6 Å². The predicted octanol–water partition coefficient (Wildman–Crippen LogP) is 1.60. The lowest BCUT2D eigenvalue weighted by molar-refractivity contribution is 0.214.